The van der Waals surface area contributed by atoms with Crippen molar-refractivity contribution >= 4 is 17.7 Å². The highest BCUT2D eigenvalue weighted by molar-refractivity contribution is 7.99. The number of ether oxygens (including phenoxy) is 1. The van der Waals surface area contributed by atoms with Crippen LogP contribution in [0.15, 0.2) is 53.8 Å². The number of aromatic nitrogens is 4. The molecule has 0 unspecified atom stereocenters. The van der Waals surface area contributed by atoms with Crippen LogP contribution in [0.5, 0.6) is 0 Å². The molecule has 1 aliphatic heterocycles. The standard InChI is InChI=1S/C21H22FN5O2S/c22-16-7-1-2-9-18(16)27-19(10-12-24-20(28)17-8-3-4-11-23-17)25-26-21(27)30-14-15-6-5-13-29-15/h1-4,7-9,11,15H,5-6,10,12-14H2,(H,24,28)/t15-/m1/s1. The molecule has 1 atom stereocenters. The van der Waals surface area contributed by atoms with Crippen LogP contribution in [0.1, 0.15) is 29.2 Å². The molecule has 3 aromatic rings. The lowest BCUT2D eigenvalue weighted by Crippen LogP contribution is -2.27. The number of pyridine rings is 1. The second kappa shape index (κ2) is 9.82. The lowest BCUT2D eigenvalue weighted by atomic mass is 10.3. The van der Waals surface area contributed by atoms with Gasteiger partial charge in [-0.25, -0.2) is 4.39 Å². The van der Waals surface area contributed by atoms with Gasteiger partial charge in [0.2, 0.25) is 0 Å². The molecule has 1 fully saturated rings. The third-order valence-electron chi connectivity index (χ3n) is 4.75. The topological polar surface area (TPSA) is 81.9 Å². The maximum Gasteiger partial charge on any atom is 0.269 e. The molecule has 1 N–H and O–H groups in total. The van der Waals surface area contributed by atoms with Crippen LogP contribution in [-0.2, 0) is 11.2 Å². The predicted molar refractivity (Wildman–Crippen MR) is 111 cm³/mol. The first kappa shape index (κ1) is 20.5. The molecule has 9 heteroatoms. The van der Waals surface area contributed by atoms with Gasteiger partial charge in [0.05, 0.1) is 11.8 Å². The molecule has 1 aromatic carbocycles. The largest absolute Gasteiger partial charge is 0.377 e. The van der Waals surface area contributed by atoms with Crippen LogP contribution in [0.2, 0.25) is 0 Å². The monoisotopic (exact) mass is 427 g/mol. The molecule has 0 radical (unpaired) electrons. The molecule has 0 aliphatic carbocycles. The van der Waals surface area contributed by atoms with E-state index in [1.54, 1.807) is 47.2 Å². The molecular weight excluding hydrogens is 405 g/mol. The number of para-hydroxylation sites is 1. The van der Waals surface area contributed by atoms with Gasteiger partial charge < -0.3 is 10.1 Å². The lowest BCUT2D eigenvalue weighted by molar-refractivity contribution is 0.0949. The third-order valence-corrected chi connectivity index (χ3v) is 5.81. The number of halogens is 1. The van der Waals surface area contributed by atoms with Crippen molar-refractivity contribution in [3.8, 4) is 5.69 Å². The number of carbonyl (C=O) groups excluding carboxylic acids is 1. The molecule has 1 aliphatic rings. The van der Waals surface area contributed by atoms with E-state index in [0.717, 1.165) is 25.2 Å². The summed E-state index contributed by atoms with van der Waals surface area (Å²) >= 11 is 1.51. The zero-order valence-electron chi connectivity index (χ0n) is 16.3. The van der Waals surface area contributed by atoms with E-state index in [0.29, 0.717) is 35.3 Å². The minimum atomic E-state index is -0.352. The van der Waals surface area contributed by atoms with E-state index in [1.165, 1.54) is 17.8 Å². The Kier molecular flexibility index (Phi) is 6.70. The first-order chi connectivity index (χ1) is 14.7. The quantitative estimate of drug-likeness (QED) is 0.557. The number of carbonyl (C=O) groups is 1. The molecule has 0 spiro atoms. The minimum absolute atomic E-state index is 0.182. The Morgan fingerprint density at radius 1 is 1.23 bits per heavy atom. The molecule has 1 saturated heterocycles. The number of hydrogen-bond acceptors (Lipinski definition) is 6. The number of thioether (sulfide) groups is 1. The summed E-state index contributed by atoms with van der Waals surface area (Å²) in [5.41, 5.74) is 0.740. The third kappa shape index (κ3) is 4.85. The van der Waals surface area contributed by atoms with Crippen molar-refractivity contribution in [1.82, 2.24) is 25.1 Å². The summed E-state index contributed by atoms with van der Waals surface area (Å²) in [6.07, 6.45) is 4.24. The second-order valence-electron chi connectivity index (χ2n) is 6.85. The van der Waals surface area contributed by atoms with E-state index >= 15 is 0 Å². The molecule has 0 saturated carbocycles. The fourth-order valence-corrected chi connectivity index (χ4v) is 4.28. The first-order valence-corrected chi connectivity index (χ1v) is 10.8. The number of rotatable bonds is 8. The molecule has 156 valence electrons. The van der Waals surface area contributed by atoms with Crippen LogP contribution in [0, 0.1) is 5.82 Å². The van der Waals surface area contributed by atoms with Gasteiger partial charge in [-0.2, -0.15) is 0 Å². The minimum Gasteiger partial charge on any atom is -0.377 e. The van der Waals surface area contributed by atoms with Crippen molar-refractivity contribution in [2.24, 2.45) is 0 Å². The predicted octanol–water partition coefficient (Wildman–Crippen LogP) is 3.05. The molecule has 7 nitrogen and oxygen atoms in total. The van der Waals surface area contributed by atoms with E-state index in [4.69, 9.17) is 4.74 Å². The van der Waals surface area contributed by atoms with Crippen molar-refractivity contribution in [1.29, 1.82) is 0 Å². The molecule has 1 amide bonds. The summed E-state index contributed by atoms with van der Waals surface area (Å²) in [6.45, 7) is 1.12. The van der Waals surface area contributed by atoms with Gasteiger partial charge in [0.1, 0.15) is 17.3 Å². The second-order valence-corrected chi connectivity index (χ2v) is 7.84. The fourth-order valence-electron chi connectivity index (χ4n) is 3.25. The number of hydrogen-bond donors (Lipinski definition) is 1. The Labute approximate surface area is 178 Å². The highest BCUT2D eigenvalue weighted by Gasteiger charge is 2.21. The van der Waals surface area contributed by atoms with Crippen molar-refractivity contribution in [3.05, 3.63) is 66.0 Å². The van der Waals surface area contributed by atoms with E-state index in [2.05, 4.69) is 20.5 Å². The fraction of sp³-hybridized carbons (Fsp3) is 0.333. The van der Waals surface area contributed by atoms with E-state index in [9.17, 15) is 9.18 Å². The molecule has 0 bridgehead atoms. The summed E-state index contributed by atoms with van der Waals surface area (Å²) in [7, 11) is 0. The van der Waals surface area contributed by atoms with Crippen LogP contribution < -0.4 is 5.32 Å². The van der Waals surface area contributed by atoms with Gasteiger partial charge in [-0.3, -0.25) is 14.3 Å². The Hall–Kier alpha value is -2.78. The van der Waals surface area contributed by atoms with Crippen molar-refractivity contribution < 1.29 is 13.9 Å². The Balaban J connectivity index is 1.49. The van der Waals surface area contributed by atoms with E-state index in [-0.39, 0.29) is 17.8 Å². The summed E-state index contributed by atoms with van der Waals surface area (Å²) < 4.78 is 21.9. The normalized spacial score (nSPS) is 16.0. The van der Waals surface area contributed by atoms with Crippen molar-refractivity contribution in [2.75, 3.05) is 18.9 Å². The number of nitrogens with one attached hydrogen (secondary N) is 1. The lowest BCUT2D eigenvalue weighted by Gasteiger charge is -2.13. The highest BCUT2D eigenvalue weighted by atomic mass is 32.2. The molecule has 4 rings (SSSR count). The van der Waals surface area contributed by atoms with E-state index in [1.807, 2.05) is 0 Å². The maximum absolute atomic E-state index is 14.5. The molecule has 3 heterocycles. The van der Waals surface area contributed by atoms with Gasteiger partial charge in [-0.1, -0.05) is 30.0 Å². The Bertz CT molecular complexity index is 992. The van der Waals surface area contributed by atoms with Crippen LogP contribution >= 0.6 is 11.8 Å². The van der Waals surface area contributed by atoms with Crippen LogP contribution in [0.3, 0.4) is 0 Å². The van der Waals surface area contributed by atoms with Gasteiger partial charge in [0.25, 0.3) is 5.91 Å². The van der Waals surface area contributed by atoms with Crippen molar-refractivity contribution in [3.63, 3.8) is 0 Å². The van der Waals surface area contributed by atoms with Gasteiger partial charge in [-0.05, 0) is 37.1 Å². The highest BCUT2D eigenvalue weighted by Crippen LogP contribution is 2.27. The Morgan fingerprint density at radius 3 is 2.87 bits per heavy atom. The van der Waals surface area contributed by atoms with E-state index < -0.39 is 0 Å². The molecular formula is C21H22FN5O2S. The van der Waals surface area contributed by atoms with Crippen LogP contribution in [-0.4, -0.2) is 50.7 Å². The van der Waals surface area contributed by atoms with Crippen LogP contribution in [0.4, 0.5) is 4.39 Å². The summed E-state index contributed by atoms with van der Waals surface area (Å²) in [6, 6.07) is 11.7. The summed E-state index contributed by atoms with van der Waals surface area (Å²) in [4.78, 5) is 16.2. The zero-order chi connectivity index (χ0) is 20.8. The molecule has 2 aromatic heterocycles. The summed E-state index contributed by atoms with van der Waals surface area (Å²) in [5.74, 6) is 0.704. The number of benzene rings is 1. The van der Waals surface area contributed by atoms with Gasteiger partial charge in [-0.15, -0.1) is 10.2 Å². The smallest absolute Gasteiger partial charge is 0.269 e. The van der Waals surface area contributed by atoms with Gasteiger partial charge >= 0.3 is 0 Å². The van der Waals surface area contributed by atoms with Gasteiger partial charge in [0, 0.05) is 31.5 Å². The van der Waals surface area contributed by atoms with Crippen LogP contribution in [0.25, 0.3) is 5.69 Å². The number of nitrogens with zero attached hydrogens (tertiary/aromatic N) is 4. The zero-order valence-corrected chi connectivity index (χ0v) is 17.1. The molecule has 30 heavy (non-hydrogen) atoms. The summed E-state index contributed by atoms with van der Waals surface area (Å²) in [5, 5.41) is 12.0. The van der Waals surface area contributed by atoms with Crippen molar-refractivity contribution in [2.45, 2.75) is 30.5 Å². The average Bonchev–Trinajstić information content (AvgIpc) is 3.43. The average molecular weight is 428 g/mol. The SMILES string of the molecule is O=C(NCCc1nnc(SC[C@H]2CCCO2)n1-c1ccccc1F)c1ccccn1. The number of amides is 1. The first-order valence-electron chi connectivity index (χ1n) is 9.85. The maximum atomic E-state index is 14.5. The Morgan fingerprint density at radius 2 is 2.10 bits per heavy atom. The van der Waals surface area contributed by atoms with Gasteiger partial charge in [0.15, 0.2) is 5.16 Å².